The van der Waals surface area contributed by atoms with Crippen molar-refractivity contribution in [1.82, 2.24) is 5.32 Å². The Hall–Kier alpha value is -0.930. The van der Waals surface area contributed by atoms with Crippen LogP contribution in [0.2, 0.25) is 15.1 Å². The van der Waals surface area contributed by atoms with Crippen molar-refractivity contribution in [2.75, 3.05) is 0 Å². The molecule has 1 aliphatic carbocycles. The average molecular weight is 343 g/mol. The molecule has 21 heavy (non-hydrogen) atoms. The highest BCUT2D eigenvalue weighted by Gasteiger charge is 2.20. The van der Waals surface area contributed by atoms with E-state index < -0.39 is 0 Å². The van der Waals surface area contributed by atoms with Gasteiger partial charge >= 0.3 is 0 Å². The molecule has 1 N–H and O–H groups in total. The smallest absolute Gasteiger partial charge is 0.146 e. The fourth-order valence-electron chi connectivity index (χ4n) is 1.96. The van der Waals surface area contributed by atoms with Gasteiger partial charge in [-0.25, -0.2) is 0 Å². The molecule has 0 spiro atoms. The Morgan fingerprint density at radius 2 is 1.62 bits per heavy atom. The van der Waals surface area contributed by atoms with Crippen LogP contribution in [0.4, 0.5) is 0 Å². The van der Waals surface area contributed by atoms with Gasteiger partial charge in [0.2, 0.25) is 0 Å². The second-order valence-corrected chi connectivity index (χ2v) is 6.35. The molecule has 3 rings (SSSR count). The van der Waals surface area contributed by atoms with Gasteiger partial charge in [0.1, 0.15) is 11.5 Å². The summed E-state index contributed by atoms with van der Waals surface area (Å²) in [6, 6.07) is 11.5. The topological polar surface area (TPSA) is 21.3 Å². The van der Waals surface area contributed by atoms with Gasteiger partial charge in [0.25, 0.3) is 0 Å². The summed E-state index contributed by atoms with van der Waals surface area (Å²) in [7, 11) is 0. The van der Waals surface area contributed by atoms with E-state index in [0.29, 0.717) is 32.6 Å². The lowest BCUT2D eigenvalue weighted by Crippen LogP contribution is -2.15. The zero-order valence-corrected chi connectivity index (χ0v) is 13.5. The minimum absolute atomic E-state index is 0.457. The molecule has 1 fully saturated rings. The molecule has 0 atom stereocenters. The lowest BCUT2D eigenvalue weighted by atomic mass is 10.2. The highest BCUT2D eigenvalue weighted by Crippen LogP contribution is 2.35. The molecule has 0 amide bonds. The molecular formula is C16H14Cl3NO. The van der Waals surface area contributed by atoms with Gasteiger partial charge in [0.05, 0.1) is 10.0 Å². The maximum atomic E-state index is 6.27. The lowest BCUT2D eigenvalue weighted by molar-refractivity contribution is 0.483. The first kappa shape index (κ1) is 15.0. The third kappa shape index (κ3) is 4.04. The van der Waals surface area contributed by atoms with E-state index in [-0.39, 0.29) is 0 Å². The summed E-state index contributed by atoms with van der Waals surface area (Å²) in [5.74, 6) is 1.11. The second-order valence-electron chi connectivity index (χ2n) is 5.10. The van der Waals surface area contributed by atoms with E-state index in [2.05, 4.69) is 5.32 Å². The van der Waals surface area contributed by atoms with Crippen LogP contribution in [0.5, 0.6) is 11.5 Å². The van der Waals surface area contributed by atoms with Gasteiger partial charge in [0, 0.05) is 17.6 Å². The summed E-state index contributed by atoms with van der Waals surface area (Å²) < 4.78 is 5.74. The fourth-order valence-corrected chi connectivity index (χ4v) is 2.65. The van der Waals surface area contributed by atoms with E-state index in [1.165, 1.54) is 12.8 Å². The first-order valence-electron chi connectivity index (χ1n) is 6.76. The lowest BCUT2D eigenvalue weighted by Gasteiger charge is -2.11. The molecule has 0 aliphatic heterocycles. The Morgan fingerprint density at radius 3 is 2.24 bits per heavy atom. The van der Waals surface area contributed by atoms with Crippen molar-refractivity contribution in [3.8, 4) is 11.5 Å². The van der Waals surface area contributed by atoms with Gasteiger partial charge in [-0.3, -0.25) is 0 Å². The number of benzene rings is 2. The van der Waals surface area contributed by atoms with Crippen molar-refractivity contribution in [3.05, 3.63) is 57.0 Å². The zero-order valence-electron chi connectivity index (χ0n) is 11.2. The third-order valence-corrected chi connectivity index (χ3v) is 4.11. The van der Waals surface area contributed by atoms with Gasteiger partial charge in [-0.2, -0.15) is 0 Å². The minimum Gasteiger partial charge on any atom is -0.454 e. The molecule has 110 valence electrons. The summed E-state index contributed by atoms with van der Waals surface area (Å²) in [5, 5.41) is 5.04. The van der Waals surface area contributed by atoms with Crippen LogP contribution in [-0.2, 0) is 6.54 Å². The van der Waals surface area contributed by atoms with Crippen LogP contribution in [0.25, 0.3) is 0 Å². The van der Waals surface area contributed by atoms with Crippen LogP contribution in [-0.4, -0.2) is 6.04 Å². The Kier molecular flexibility index (Phi) is 4.60. The molecular weight excluding hydrogens is 329 g/mol. The molecule has 0 heterocycles. The Labute approximate surface area is 139 Å². The van der Waals surface area contributed by atoms with Gasteiger partial charge in [-0.05, 0) is 48.7 Å². The van der Waals surface area contributed by atoms with Crippen molar-refractivity contribution < 1.29 is 4.74 Å². The van der Waals surface area contributed by atoms with Crippen LogP contribution in [0.1, 0.15) is 18.4 Å². The van der Waals surface area contributed by atoms with E-state index in [4.69, 9.17) is 39.5 Å². The SMILES string of the molecule is Clc1ccc(Oc2ccc(CNC3CC3)cc2Cl)c(Cl)c1. The number of ether oxygens (including phenoxy) is 1. The third-order valence-electron chi connectivity index (χ3n) is 3.28. The molecule has 0 aromatic heterocycles. The maximum absolute atomic E-state index is 6.27. The first-order chi connectivity index (χ1) is 10.1. The number of hydrogen-bond acceptors (Lipinski definition) is 2. The van der Waals surface area contributed by atoms with Gasteiger partial charge in [-0.15, -0.1) is 0 Å². The monoisotopic (exact) mass is 341 g/mol. The normalized spacial score (nSPS) is 14.2. The summed E-state index contributed by atoms with van der Waals surface area (Å²) >= 11 is 18.2. The van der Waals surface area contributed by atoms with E-state index in [0.717, 1.165) is 12.1 Å². The predicted molar refractivity (Wildman–Crippen MR) is 87.8 cm³/mol. The zero-order chi connectivity index (χ0) is 14.8. The van der Waals surface area contributed by atoms with Crippen LogP contribution in [0, 0.1) is 0 Å². The summed E-state index contributed by atoms with van der Waals surface area (Å²) in [4.78, 5) is 0. The van der Waals surface area contributed by atoms with Crippen molar-refractivity contribution in [3.63, 3.8) is 0 Å². The van der Waals surface area contributed by atoms with Crippen LogP contribution >= 0.6 is 34.8 Å². The summed E-state index contributed by atoms with van der Waals surface area (Å²) in [6.45, 7) is 0.826. The summed E-state index contributed by atoms with van der Waals surface area (Å²) in [6.07, 6.45) is 2.54. The van der Waals surface area contributed by atoms with E-state index >= 15 is 0 Å². The Balaban J connectivity index is 1.72. The van der Waals surface area contributed by atoms with Crippen molar-refractivity contribution in [1.29, 1.82) is 0 Å². The summed E-state index contributed by atoms with van der Waals surface area (Å²) in [5.41, 5.74) is 1.14. The molecule has 2 nitrogen and oxygen atoms in total. The van der Waals surface area contributed by atoms with Crippen molar-refractivity contribution >= 4 is 34.8 Å². The molecule has 2 aromatic carbocycles. The molecule has 0 radical (unpaired) electrons. The molecule has 0 unspecified atom stereocenters. The molecule has 0 bridgehead atoms. The van der Waals surface area contributed by atoms with Gasteiger partial charge in [0.15, 0.2) is 0 Å². The predicted octanol–water partition coefficient (Wildman–Crippen LogP) is 5.69. The standard InChI is InChI=1S/C16H14Cl3NO/c17-11-2-6-16(14(19)8-11)21-15-5-1-10(7-13(15)18)9-20-12-3-4-12/h1-2,5-8,12,20H,3-4,9H2. The number of halogens is 3. The molecule has 1 aliphatic rings. The number of hydrogen-bond donors (Lipinski definition) is 1. The minimum atomic E-state index is 0.457. The average Bonchev–Trinajstić information content (AvgIpc) is 3.26. The van der Waals surface area contributed by atoms with Gasteiger partial charge < -0.3 is 10.1 Å². The second kappa shape index (κ2) is 6.45. The maximum Gasteiger partial charge on any atom is 0.146 e. The molecule has 2 aromatic rings. The quantitative estimate of drug-likeness (QED) is 0.753. The van der Waals surface area contributed by atoms with Crippen LogP contribution < -0.4 is 10.1 Å². The number of nitrogens with one attached hydrogen (secondary N) is 1. The van der Waals surface area contributed by atoms with Crippen molar-refractivity contribution in [2.24, 2.45) is 0 Å². The van der Waals surface area contributed by atoms with Gasteiger partial charge in [-0.1, -0.05) is 40.9 Å². The Morgan fingerprint density at radius 1 is 0.952 bits per heavy atom. The molecule has 1 saturated carbocycles. The molecule has 5 heteroatoms. The largest absolute Gasteiger partial charge is 0.454 e. The molecule has 0 saturated heterocycles. The first-order valence-corrected chi connectivity index (χ1v) is 7.90. The van der Waals surface area contributed by atoms with Crippen molar-refractivity contribution in [2.45, 2.75) is 25.4 Å². The highest BCUT2D eigenvalue weighted by molar-refractivity contribution is 6.35. The Bertz CT molecular complexity index is 656. The van der Waals surface area contributed by atoms with Crippen LogP contribution in [0.3, 0.4) is 0 Å². The highest BCUT2D eigenvalue weighted by atomic mass is 35.5. The van der Waals surface area contributed by atoms with Crippen LogP contribution in [0.15, 0.2) is 36.4 Å². The fraction of sp³-hybridized carbons (Fsp3) is 0.250. The van der Waals surface area contributed by atoms with E-state index in [1.807, 2.05) is 18.2 Å². The van der Waals surface area contributed by atoms with E-state index in [1.54, 1.807) is 18.2 Å². The number of rotatable bonds is 5. The van der Waals surface area contributed by atoms with E-state index in [9.17, 15) is 0 Å².